The zero-order valence-electron chi connectivity index (χ0n) is 8.63. The van der Waals surface area contributed by atoms with Gasteiger partial charge in [-0.2, -0.15) is 0 Å². The van der Waals surface area contributed by atoms with Gasteiger partial charge < -0.3 is 0 Å². The van der Waals surface area contributed by atoms with Gasteiger partial charge in [0.05, 0.1) is 0 Å². The van der Waals surface area contributed by atoms with Gasteiger partial charge in [0.2, 0.25) is 0 Å². The minimum atomic E-state index is -0.0155. The Kier molecular flexibility index (Phi) is 2.63. The van der Waals surface area contributed by atoms with Crippen LogP contribution in [-0.2, 0) is 0 Å². The number of pyridine rings is 1. The Bertz CT molecular complexity index is 733. The molecule has 2 aromatic heterocycles. The van der Waals surface area contributed by atoms with Gasteiger partial charge in [-0.3, -0.25) is 0 Å². The molecule has 0 amide bonds. The van der Waals surface area contributed by atoms with Gasteiger partial charge >= 0.3 is 108 Å². The van der Waals surface area contributed by atoms with Crippen molar-refractivity contribution in [3.8, 4) is 5.69 Å². The Morgan fingerprint density at radius 1 is 1.18 bits per heavy atom. The predicted octanol–water partition coefficient (Wildman–Crippen LogP) is 2.10. The number of benzene rings is 1. The molecule has 3 rings (SSSR count). The molecule has 0 N–H and O–H groups in total. The Morgan fingerprint density at radius 3 is 2.71 bits per heavy atom. The first-order valence-corrected chi connectivity index (χ1v) is 6.98. The van der Waals surface area contributed by atoms with Crippen LogP contribution in [0.3, 0.4) is 0 Å². The van der Waals surface area contributed by atoms with Crippen molar-refractivity contribution in [1.82, 2.24) is 8.55 Å². The first-order valence-electron chi connectivity index (χ1n) is 4.98. The number of aromatic nitrogens is 2. The van der Waals surface area contributed by atoms with Gasteiger partial charge in [0, 0.05) is 0 Å². The standard InChI is InChI=1S/C12H7ClN2OSe/c13-8-1-2-11-10(7-8)12(16)15(17-11)9-3-5-14-6-4-9/h1-7H. The maximum atomic E-state index is 12.2. The predicted molar refractivity (Wildman–Crippen MR) is 69.3 cm³/mol. The van der Waals surface area contributed by atoms with E-state index in [1.165, 1.54) is 0 Å². The summed E-state index contributed by atoms with van der Waals surface area (Å²) in [6.45, 7) is 0. The summed E-state index contributed by atoms with van der Waals surface area (Å²) in [7, 11) is 0. The number of halogens is 1. The fraction of sp³-hybridized carbons (Fsp3) is 0. The van der Waals surface area contributed by atoms with Crippen molar-refractivity contribution < 1.29 is 0 Å². The van der Waals surface area contributed by atoms with E-state index in [1.54, 1.807) is 22.0 Å². The van der Waals surface area contributed by atoms with Crippen molar-refractivity contribution in [2.45, 2.75) is 0 Å². The van der Waals surface area contributed by atoms with Gasteiger partial charge in [-0.25, -0.2) is 0 Å². The van der Waals surface area contributed by atoms with Gasteiger partial charge in [-0.15, -0.1) is 0 Å². The molecular weight excluding hydrogens is 303 g/mol. The van der Waals surface area contributed by atoms with Gasteiger partial charge in [-0.05, 0) is 0 Å². The number of rotatable bonds is 1. The fourth-order valence-corrected chi connectivity index (χ4v) is 3.87. The average molecular weight is 310 g/mol. The number of hydrogen-bond donors (Lipinski definition) is 0. The quantitative estimate of drug-likeness (QED) is 0.645. The SMILES string of the molecule is O=c1c2cc(Cl)ccc2[se]n1-c1ccncc1. The van der Waals surface area contributed by atoms with Gasteiger partial charge in [0.15, 0.2) is 0 Å². The summed E-state index contributed by atoms with van der Waals surface area (Å²) < 4.78 is 2.86. The van der Waals surface area contributed by atoms with Crippen molar-refractivity contribution in [3.63, 3.8) is 0 Å². The molecule has 2 heterocycles. The van der Waals surface area contributed by atoms with Crippen LogP contribution in [-0.4, -0.2) is 23.3 Å². The summed E-state index contributed by atoms with van der Waals surface area (Å²) in [5.74, 6) is 0. The van der Waals surface area contributed by atoms with Crippen molar-refractivity contribution in [2.24, 2.45) is 0 Å². The van der Waals surface area contributed by atoms with Crippen LogP contribution in [0.15, 0.2) is 47.5 Å². The van der Waals surface area contributed by atoms with Crippen LogP contribution in [0.25, 0.3) is 15.3 Å². The van der Waals surface area contributed by atoms with Crippen molar-refractivity contribution in [3.05, 3.63) is 58.1 Å². The molecule has 0 saturated heterocycles. The molecule has 84 valence electrons. The summed E-state index contributed by atoms with van der Waals surface area (Å²) in [6, 6.07) is 9.17. The van der Waals surface area contributed by atoms with E-state index in [4.69, 9.17) is 11.6 Å². The molecule has 0 aliphatic carbocycles. The van der Waals surface area contributed by atoms with Crippen LogP contribution in [0.2, 0.25) is 5.02 Å². The van der Waals surface area contributed by atoms with E-state index in [1.807, 2.05) is 24.3 Å². The molecule has 0 aliphatic rings. The molecule has 3 nitrogen and oxygen atoms in total. The summed E-state index contributed by atoms with van der Waals surface area (Å²) in [4.78, 5) is 16.2. The van der Waals surface area contributed by atoms with Crippen LogP contribution in [0, 0.1) is 0 Å². The molecule has 3 aromatic rings. The van der Waals surface area contributed by atoms with Crippen LogP contribution >= 0.6 is 11.6 Å². The third-order valence-electron chi connectivity index (χ3n) is 2.44. The second-order valence-electron chi connectivity index (χ2n) is 3.54. The summed E-state index contributed by atoms with van der Waals surface area (Å²) in [5.41, 5.74) is 0.908. The Balaban J connectivity index is 2.33. The van der Waals surface area contributed by atoms with Crippen molar-refractivity contribution in [1.29, 1.82) is 0 Å². The van der Waals surface area contributed by atoms with Gasteiger partial charge in [0.1, 0.15) is 0 Å². The van der Waals surface area contributed by atoms with Crippen molar-refractivity contribution >= 4 is 36.0 Å². The number of hydrogen-bond acceptors (Lipinski definition) is 2. The summed E-state index contributed by atoms with van der Waals surface area (Å²) >= 11 is 5.89. The molecule has 0 saturated carbocycles. The zero-order chi connectivity index (χ0) is 11.8. The van der Waals surface area contributed by atoms with Crippen LogP contribution < -0.4 is 5.56 Å². The molecule has 0 radical (unpaired) electrons. The average Bonchev–Trinajstić information content (AvgIpc) is 2.68. The van der Waals surface area contributed by atoms with Crippen LogP contribution in [0.4, 0.5) is 0 Å². The molecule has 17 heavy (non-hydrogen) atoms. The first kappa shape index (κ1) is 10.8. The van der Waals surface area contributed by atoms with Gasteiger partial charge in [0.25, 0.3) is 0 Å². The Morgan fingerprint density at radius 2 is 1.94 bits per heavy atom. The van der Waals surface area contributed by atoms with E-state index in [2.05, 4.69) is 4.98 Å². The van der Waals surface area contributed by atoms with E-state index < -0.39 is 0 Å². The molecule has 0 spiro atoms. The second-order valence-corrected chi connectivity index (χ2v) is 6.05. The Labute approximate surface area is 108 Å². The first-order chi connectivity index (χ1) is 8.25. The van der Waals surface area contributed by atoms with Crippen molar-refractivity contribution in [2.75, 3.05) is 0 Å². The van der Waals surface area contributed by atoms with E-state index in [0.29, 0.717) is 10.4 Å². The fourth-order valence-electron chi connectivity index (χ4n) is 1.65. The van der Waals surface area contributed by atoms with Crippen LogP contribution in [0.5, 0.6) is 0 Å². The monoisotopic (exact) mass is 310 g/mol. The van der Waals surface area contributed by atoms with E-state index in [0.717, 1.165) is 9.95 Å². The molecular formula is C12H7ClN2OSe. The summed E-state index contributed by atoms with van der Waals surface area (Å²) in [5, 5.41) is 1.32. The van der Waals surface area contributed by atoms with Gasteiger partial charge in [-0.1, -0.05) is 0 Å². The van der Waals surface area contributed by atoms with E-state index >= 15 is 0 Å². The third-order valence-corrected chi connectivity index (χ3v) is 5.01. The third kappa shape index (κ3) is 1.84. The Hall–Kier alpha value is -1.35. The molecule has 0 atom stereocenters. The van der Waals surface area contributed by atoms with Crippen LogP contribution in [0.1, 0.15) is 0 Å². The van der Waals surface area contributed by atoms with E-state index in [9.17, 15) is 4.79 Å². The molecule has 1 aromatic carbocycles. The molecule has 0 fully saturated rings. The summed E-state index contributed by atoms with van der Waals surface area (Å²) in [6.07, 6.45) is 3.38. The molecule has 0 bridgehead atoms. The molecule has 0 aliphatic heterocycles. The second kappa shape index (κ2) is 4.15. The normalized spacial score (nSPS) is 10.9. The number of fused-ring (bicyclic) bond motifs is 1. The topological polar surface area (TPSA) is 34.9 Å². The van der Waals surface area contributed by atoms with E-state index in [-0.39, 0.29) is 20.3 Å². The molecule has 0 unspecified atom stereocenters. The minimum absolute atomic E-state index is 0.0155. The number of nitrogens with zero attached hydrogens (tertiary/aromatic N) is 2. The molecule has 5 heteroatoms. The maximum absolute atomic E-state index is 12.2. The zero-order valence-corrected chi connectivity index (χ0v) is 11.1.